The van der Waals surface area contributed by atoms with Crippen LogP contribution in [-0.2, 0) is 0 Å². The first-order valence-electron chi connectivity index (χ1n) is 5.00. The molecule has 0 radical (unpaired) electrons. The van der Waals surface area contributed by atoms with Gasteiger partial charge >= 0.3 is 0 Å². The Morgan fingerprint density at radius 3 is 2.56 bits per heavy atom. The second-order valence-electron chi connectivity index (χ2n) is 3.54. The molecule has 2 aromatic rings. The number of anilines is 1. The molecule has 0 aliphatic heterocycles. The normalized spacial score (nSPS) is 10.1. The molecule has 0 bridgehead atoms. The Hall–Kier alpha value is -2.10. The molecule has 2 rings (SSSR count). The number of phenols is 1. The van der Waals surface area contributed by atoms with Crippen LogP contribution in [0.15, 0.2) is 30.6 Å². The van der Waals surface area contributed by atoms with Gasteiger partial charge < -0.3 is 10.4 Å². The van der Waals surface area contributed by atoms with E-state index in [1.54, 1.807) is 31.6 Å². The van der Waals surface area contributed by atoms with Gasteiger partial charge in [-0.3, -0.25) is 4.98 Å². The monoisotopic (exact) mass is 215 g/mol. The van der Waals surface area contributed by atoms with Crippen LogP contribution in [0.3, 0.4) is 0 Å². The molecule has 4 nitrogen and oxygen atoms in total. The summed E-state index contributed by atoms with van der Waals surface area (Å²) in [4.78, 5) is 8.50. The van der Waals surface area contributed by atoms with Crippen LogP contribution in [0.2, 0.25) is 0 Å². The van der Waals surface area contributed by atoms with Gasteiger partial charge in [0, 0.05) is 12.6 Å². The molecule has 0 saturated carbocycles. The number of phenolic OH excluding ortho intramolecular Hbond substituents is 1. The van der Waals surface area contributed by atoms with E-state index in [9.17, 15) is 5.11 Å². The van der Waals surface area contributed by atoms with Gasteiger partial charge in [0.2, 0.25) is 0 Å². The number of aromatic hydroxyl groups is 1. The van der Waals surface area contributed by atoms with Crippen LogP contribution in [0, 0.1) is 6.92 Å². The average molecular weight is 215 g/mol. The van der Waals surface area contributed by atoms with Gasteiger partial charge in [-0.15, -0.1) is 0 Å². The zero-order valence-electron chi connectivity index (χ0n) is 9.23. The summed E-state index contributed by atoms with van der Waals surface area (Å²) in [6, 6.07) is 5.20. The maximum absolute atomic E-state index is 9.32. The molecule has 82 valence electrons. The largest absolute Gasteiger partial charge is 0.508 e. The van der Waals surface area contributed by atoms with E-state index in [4.69, 9.17) is 0 Å². The minimum absolute atomic E-state index is 0.265. The summed E-state index contributed by atoms with van der Waals surface area (Å²) in [5.74, 6) is 1.00. The quantitative estimate of drug-likeness (QED) is 0.806. The number of rotatable bonds is 2. The third-order valence-electron chi connectivity index (χ3n) is 2.39. The molecule has 0 atom stereocenters. The van der Waals surface area contributed by atoms with E-state index in [1.807, 2.05) is 13.0 Å². The first-order valence-corrected chi connectivity index (χ1v) is 5.00. The lowest BCUT2D eigenvalue weighted by Gasteiger charge is -2.06. The Kier molecular flexibility index (Phi) is 2.72. The molecule has 0 aliphatic rings. The van der Waals surface area contributed by atoms with E-state index >= 15 is 0 Å². The zero-order chi connectivity index (χ0) is 11.5. The third-order valence-corrected chi connectivity index (χ3v) is 2.39. The molecular formula is C12H13N3O. The van der Waals surface area contributed by atoms with E-state index < -0.39 is 0 Å². The van der Waals surface area contributed by atoms with Gasteiger partial charge in [0.1, 0.15) is 11.6 Å². The fourth-order valence-electron chi connectivity index (χ4n) is 1.53. The van der Waals surface area contributed by atoms with Gasteiger partial charge in [-0.05, 0) is 30.7 Å². The van der Waals surface area contributed by atoms with Crippen molar-refractivity contribution in [2.45, 2.75) is 6.92 Å². The van der Waals surface area contributed by atoms with Crippen molar-refractivity contribution >= 4 is 5.82 Å². The molecule has 0 unspecified atom stereocenters. The zero-order valence-corrected chi connectivity index (χ0v) is 9.23. The topological polar surface area (TPSA) is 58.0 Å². The second kappa shape index (κ2) is 4.18. The number of nitrogens with zero attached hydrogens (tertiary/aromatic N) is 2. The van der Waals surface area contributed by atoms with Crippen molar-refractivity contribution in [3.05, 3.63) is 36.2 Å². The molecule has 4 heteroatoms. The highest BCUT2D eigenvalue weighted by Crippen LogP contribution is 2.24. The predicted octanol–water partition coefficient (Wildman–Crippen LogP) is 2.20. The number of nitrogens with one attached hydrogen (secondary N) is 1. The van der Waals surface area contributed by atoms with Gasteiger partial charge in [0.15, 0.2) is 0 Å². The highest BCUT2D eigenvalue weighted by molar-refractivity contribution is 5.64. The minimum atomic E-state index is 0.265. The van der Waals surface area contributed by atoms with Gasteiger partial charge in [0.05, 0.1) is 18.1 Å². The summed E-state index contributed by atoms with van der Waals surface area (Å²) in [7, 11) is 1.80. The minimum Gasteiger partial charge on any atom is -0.508 e. The highest BCUT2D eigenvalue weighted by atomic mass is 16.3. The van der Waals surface area contributed by atoms with E-state index in [0.29, 0.717) is 0 Å². The third kappa shape index (κ3) is 1.95. The smallest absolute Gasteiger partial charge is 0.144 e. The van der Waals surface area contributed by atoms with Crippen molar-refractivity contribution in [2.75, 3.05) is 12.4 Å². The maximum Gasteiger partial charge on any atom is 0.144 e. The number of aryl methyl sites for hydroxylation is 1. The molecule has 0 aliphatic carbocycles. The molecule has 0 amide bonds. The Balaban J connectivity index is 2.42. The SMILES string of the molecule is CNc1cnc(-c2ccc(O)cc2C)cn1. The van der Waals surface area contributed by atoms with Crippen molar-refractivity contribution in [3.63, 3.8) is 0 Å². The Morgan fingerprint density at radius 2 is 2.00 bits per heavy atom. The summed E-state index contributed by atoms with van der Waals surface area (Å²) in [5.41, 5.74) is 2.76. The average Bonchev–Trinajstić information content (AvgIpc) is 2.29. The van der Waals surface area contributed by atoms with E-state index in [1.165, 1.54) is 0 Å². The fraction of sp³-hybridized carbons (Fsp3) is 0.167. The molecule has 0 fully saturated rings. The van der Waals surface area contributed by atoms with Crippen LogP contribution in [0.4, 0.5) is 5.82 Å². The number of hydrogen-bond donors (Lipinski definition) is 2. The maximum atomic E-state index is 9.32. The van der Waals surface area contributed by atoms with Gasteiger partial charge in [0.25, 0.3) is 0 Å². The Morgan fingerprint density at radius 1 is 1.19 bits per heavy atom. The predicted molar refractivity (Wildman–Crippen MR) is 63.4 cm³/mol. The lowest BCUT2D eigenvalue weighted by Crippen LogP contribution is -1.94. The number of aromatic nitrogens is 2. The lowest BCUT2D eigenvalue weighted by atomic mass is 10.1. The van der Waals surface area contributed by atoms with Crippen LogP contribution in [-0.4, -0.2) is 22.1 Å². The van der Waals surface area contributed by atoms with Crippen molar-refractivity contribution in [1.82, 2.24) is 9.97 Å². The summed E-state index contributed by atoms with van der Waals surface area (Å²) >= 11 is 0. The van der Waals surface area contributed by atoms with Crippen molar-refractivity contribution in [2.24, 2.45) is 0 Å². The highest BCUT2D eigenvalue weighted by Gasteiger charge is 2.04. The standard InChI is InChI=1S/C12H13N3O/c1-8-5-9(16)3-4-10(8)11-6-15-12(13-2)7-14-11/h3-7,16H,1-2H3,(H,13,15). The van der Waals surface area contributed by atoms with E-state index in [2.05, 4.69) is 15.3 Å². The van der Waals surface area contributed by atoms with Crippen molar-refractivity contribution < 1.29 is 5.11 Å². The second-order valence-corrected chi connectivity index (χ2v) is 3.54. The van der Waals surface area contributed by atoms with E-state index in [0.717, 1.165) is 22.6 Å². The molecule has 1 aromatic carbocycles. The van der Waals surface area contributed by atoms with Crippen LogP contribution in [0.1, 0.15) is 5.56 Å². The van der Waals surface area contributed by atoms with Gasteiger partial charge in [-0.2, -0.15) is 0 Å². The van der Waals surface area contributed by atoms with Crippen molar-refractivity contribution in [3.8, 4) is 17.0 Å². The fourth-order valence-corrected chi connectivity index (χ4v) is 1.53. The number of hydrogen-bond acceptors (Lipinski definition) is 4. The Bertz CT molecular complexity index is 494. The molecule has 0 saturated heterocycles. The Labute approximate surface area is 94.0 Å². The van der Waals surface area contributed by atoms with Gasteiger partial charge in [-0.25, -0.2) is 4.98 Å². The molecule has 16 heavy (non-hydrogen) atoms. The van der Waals surface area contributed by atoms with Crippen LogP contribution >= 0.6 is 0 Å². The summed E-state index contributed by atoms with van der Waals surface area (Å²) in [5, 5.41) is 12.2. The van der Waals surface area contributed by atoms with E-state index in [-0.39, 0.29) is 5.75 Å². The first kappa shape index (κ1) is 10.4. The molecule has 2 N–H and O–H groups in total. The number of benzene rings is 1. The lowest BCUT2D eigenvalue weighted by molar-refractivity contribution is 0.475. The van der Waals surface area contributed by atoms with Crippen LogP contribution < -0.4 is 5.32 Å². The summed E-state index contributed by atoms with van der Waals surface area (Å²) in [6.07, 6.45) is 3.40. The van der Waals surface area contributed by atoms with Crippen LogP contribution in [0.5, 0.6) is 5.75 Å². The molecular weight excluding hydrogens is 202 g/mol. The van der Waals surface area contributed by atoms with Gasteiger partial charge in [-0.1, -0.05) is 0 Å². The molecule has 1 aromatic heterocycles. The molecule has 1 heterocycles. The van der Waals surface area contributed by atoms with Crippen LogP contribution in [0.25, 0.3) is 11.3 Å². The summed E-state index contributed by atoms with van der Waals surface area (Å²) < 4.78 is 0. The first-order chi connectivity index (χ1) is 7.70. The summed E-state index contributed by atoms with van der Waals surface area (Å²) in [6.45, 7) is 1.93. The molecule has 0 spiro atoms. The van der Waals surface area contributed by atoms with Crippen molar-refractivity contribution in [1.29, 1.82) is 0 Å².